The predicted octanol–water partition coefficient (Wildman–Crippen LogP) is 2.93. The first-order valence-electron chi connectivity index (χ1n) is 7.39. The molecule has 3 atom stereocenters. The zero-order valence-corrected chi connectivity index (χ0v) is 13.2. The van der Waals surface area contributed by atoms with Gasteiger partial charge in [-0.3, -0.25) is 4.79 Å². The predicted molar refractivity (Wildman–Crippen MR) is 82.8 cm³/mol. The SMILES string of the molecule is CC1CCC(CCC(=O)NC(C(=O)O)c2ccc(Cl)cc2)O1. The van der Waals surface area contributed by atoms with E-state index in [2.05, 4.69) is 5.32 Å². The minimum atomic E-state index is -1.10. The van der Waals surface area contributed by atoms with E-state index in [1.54, 1.807) is 24.3 Å². The summed E-state index contributed by atoms with van der Waals surface area (Å²) < 4.78 is 5.65. The lowest BCUT2D eigenvalue weighted by Gasteiger charge is -2.16. The topological polar surface area (TPSA) is 75.6 Å². The number of nitrogens with one attached hydrogen (secondary N) is 1. The van der Waals surface area contributed by atoms with E-state index in [0.29, 0.717) is 17.0 Å². The van der Waals surface area contributed by atoms with Gasteiger partial charge >= 0.3 is 5.97 Å². The maximum Gasteiger partial charge on any atom is 0.330 e. The lowest BCUT2D eigenvalue weighted by Crippen LogP contribution is -2.34. The van der Waals surface area contributed by atoms with Crippen LogP contribution in [0.1, 0.15) is 44.2 Å². The number of halogens is 1. The molecule has 0 radical (unpaired) electrons. The highest BCUT2D eigenvalue weighted by molar-refractivity contribution is 6.30. The number of ether oxygens (including phenoxy) is 1. The molecule has 0 spiro atoms. The molecule has 0 saturated carbocycles. The average Bonchev–Trinajstić information content (AvgIpc) is 2.89. The second kappa shape index (κ2) is 7.61. The minimum absolute atomic E-state index is 0.0968. The number of carbonyl (C=O) groups excluding carboxylic acids is 1. The summed E-state index contributed by atoms with van der Waals surface area (Å²) in [5, 5.41) is 12.4. The molecule has 5 nitrogen and oxygen atoms in total. The van der Waals surface area contributed by atoms with Crippen molar-refractivity contribution in [2.75, 3.05) is 0 Å². The molecule has 0 aromatic heterocycles. The van der Waals surface area contributed by atoms with E-state index >= 15 is 0 Å². The van der Waals surface area contributed by atoms with Gasteiger partial charge in [-0.2, -0.15) is 0 Å². The van der Waals surface area contributed by atoms with Gasteiger partial charge in [-0.15, -0.1) is 0 Å². The van der Waals surface area contributed by atoms with Gasteiger partial charge in [0.2, 0.25) is 5.91 Å². The van der Waals surface area contributed by atoms with Crippen LogP contribution in [0.4, 0.5) is 0 Å². The van der Waals surface area contributed by atoms with Crippen molar-refractivity contribution in [3.05, 3.63) is 34.9 Å². The third-order valence-electron chi connectivity index (χ3n) is 3.77. The largest absolute Gasteiger partial charge is 0.479 e. The Balaban J connectivity index is 1.89. The molecule has 0 aliphatic carbocycles. The summed E-state index contributed by atoms with van der Waals surface area (Å²) in [4.78, 5) is 23.3. The Morgan fingerprint density at radius 2 is 2.05 bits per heavy atom. The number of amides is 1. The summed E-state index contributed by atoms with van der Waals surface area (Å²) in [6.45, 7) is 2.01. The fraction of sp³-hybridized carbons (Fsp3) is 0.500. The lowest BCUT2D eigenvalue weighted by atomic mass is 10.1. The highest BCUT2D eigenvalue weighted by Gasteiger charge is 2.25. The van der Waals surface area contributed by atoms with Gasteiger partial charge in [0.05, 0.1) is 12.2 Å². The molecule has 22 heavy (non-hydrogen) atoms. The smallest absolute Gasteiger partial charge is 0.330 e. The molecule has 1 aromatic rings. The van der Waals surface area contributed by atoms with E-state index in [9.17, 15) is 14.7 Å². The van der Waals surface area contributed by atoms with Crippen LogP contribution in [0.3, 0.4) is 0 Å². The maximum absolute atomic E-state index is 12.0. The molecular formula is C16H20ClNO4. The lowest BCUT2D eigenvalue weighted by molar-refractivity contribution is -0.142. The van der Waals surface area contributed by atoms with Gasteiger partial charge in [-0.1, -0.05) is 23.7 Å². The van der Waals surface area contributed by atoms with Crippen LogP contribution < -0.4 is 5.32 Å². The molecule has 1 aliphatic heterocycles. The Morgan fingerprint density at radius 3 is 2.59 bits per heavy atom. The third kappa shape index (κ3) is 4.71. The monoisotopic (exact) mass is 325 g/mol. The molecule has 1 aromatic carbocycles. The number of hydrogen-bond acceptors (Lipinski definition) is 3. The van der Waals surface area contributed by atoms with Gasteiger partial charge in [0.1, 0.15) is 0 Å². The third-order valence-corrected chi connectivity index (χ3v) is 4.02. The number of rotatable bonds is 6. The Morgan fingerprint density at radius 1 is 1.36 bits per heavy atom. The molecular weight excluding hydrogens is 306 g/mol. The van der Waals surface area contributed by atoms with E-state index in [0.717, 1.165) is 12.8 Å². The first-order chi connectivity index (χ1) is 10.5. The molecule has 6 heteroatoms. The summed E-state index contributed by atoms with van der Waals surface area (Å²) in [7, 11) is 0. The van der Waals surface area contributed by atoms with E-state index in [1.807, 2.05) is 6.92 Å². The number of hydrogen-bond donors (Lipinski definition) is 2. The summed E-state index contributed by atoms with van der Waals surface area (Å²) >= 11 is 5.79. The molecule has 0 bridgehead atoms. The highest BCUT2D eigenvalue weighted by atomic mass is 35.5. The number of benzene rings is 1. The molecule has 1 amide bonds. The average molecular weight is 326 g/mol. The van der Waals surface area contributed by atoms with E-state index in [1.165, 1.54) is 0 Å². The normalized spacial score (nSPS) is 22.3. The summed E-state index contributed by atoms with van der Waals surface area (Å²) in [6, 6.07) is 5.35. The second-order valence-electron chi connectivity index (χ2n) is 5.58. The first kappa shape index (κ1) is 16.8. The van der Waals surface area contributed by atoms with Crippen molar-refractivity contribution in [3.63, 3.8) is 0 Å². The molecule has 1 saturated heterocycles. The molecule has 2 rings (SSSR count). The Hall–Kier alpha value is -1.59. The quantitative estimate of drug-likeness (QED) is 0.843. The molecule has 1 heterocycles. The van der Waals surface area contributed by atoms with Crippen LogP contribution in [0.25, 0.3) is 0 Å². The maximum atomic E-state index is 12.0. The van der Waals surface area contributed by atoms with Crippen LogP contribution in [0.2, 0.25) is 5.02 Å². The van der Waals surface area contributed by atoms with Crippen LogP contribution >= 0.6 is 11.6 Å². The Bertz CT molecular complexity index is 531. The van der Waals surface area contributed by atoms with Crippen molar-refractivity contribution in [2.45, 2.75) is 50.9 Å². The van der Waals surface area contributed by atoms with Gasteiger partial charge in [-0.05, 0) is 43.9 Å². The van der Waals surface area contributed by atoms with Crippen molar-refractivity contribution in [1.82, 2.24) is 5.32 Å². The van der Waals surface area contributed by atoms with Gasteiger partial charge in [-0.25, -0.2) is 4.79 Å². The summed E-state index contributed by atoms with van der Waals surface area (Å²) in [5.41, 5.74) is 0.496. The van der Waals surface area contributed by atoms with Crippen LogP contribution in [0.15, 0.2) is 24.3 Å². The van der Waals surface area contributed by atoms with Crippen molar-refractivity contribution in [1.29, 1.82) is 0 Å². The van der Waals surface area contributed by atoms with Gasteiger partial charge < -0.3 is 15.2 Å². The minimum Gasteiger partial charge on any atom is -0.479 e. The van der Waals surface area contributed by atoms with Crippen LogP contribution in [-0.4, -0.2) is 29.2 Å². The van der Waals surface area contributed by atoms with Gasteiger partial charge in [0, 0.05) is 11.4 Å². The van der Waals surface area contributed by atoms with Crippen molar-refractivity contribution in [3.8, 4) is 0 Å². The summed E-state index contributed by atoms with van der Waals surface area (Å²) in [5.74, 6) is -1.38. The van der Waals surface area contributed by atoms with Crippen LogP contribution in [-0.2, 0) is 14.3 Å². The van der Waals surface area contributed by atoms with E-state index < -0.39 is 12.0 Å². The Labute approximate surface area is 134 Å². The standard InChI is InChI=1S/C16H20ClNO4/c1-10-2-7-13(22-10)8-9-14(19)18-15(16(20)21)11-3-5-12(17)6-4-11/h3-6,10,13,15H,2,7-9H2,1H3,(H,18,19)(H,20,21). The van der Waals surface area contributed by atoms with Gasteiger partial charge in [0.15, 0.2) is 6.04 Å². The zero-order valence-electron chi connectivity index (χ0n) is 12.4. The van der Waals surface area contributed by atoms with Gasteiger partial charge in [0.25, 0.3) is 0 Å². The number of carbonyl (C=O) groups is 2. The molecule has 1 aliphatic rings. The molecule has 120 valence electrons. The zero-order chi connectivity index (χ0) is 16.1. The Kier molecular flexibility index (Phi) is 5.80. The van der Waals surface area contributed by atoms with Crippen molar-refractivity contribution in [2.24, 2.45) is 0 Å². The fourth-order valence-electron chi connectivity index (χ4n) is 2.57. The molecule has 2 N–H and O–H groups in total. The summed E-state index contributed by atoms with van der Waals surface area (Å²) in [6.07, 6.45) is 3.18. The molecule has 1 fully saturated rings. The van der Waals surface area contributed by atoms with Crippen LogP contribution in [0, 0.1) is 0 Å². The first-order valence-corrected chi connectivity index (χ1v) is 7.76. The van der Waals surface area contributed by atoms with E-state index in [4.69, 9.17) is 16.3 Å². The van der Waals surface area contributed by atoms with Crippen LogP contribution in [0.5, 0.6) is 0 Å². The van der Waals surface area contributed by atoms with Crippen molar-refractivity contribution < 1.29 is 19.4 Å². The number of carboxylic acid groups (broad SMARTS) is 1. The number of aliphatic carboxylic acids is 1. The highest BCUT2D eigenvalue weighted by Crippen LogP contribution is 2.23. The van der Waals surface area contributed by atoms with Crippen molar-refractivity contribution >= 4 is 23.5 Å². The number of carboxylic acids is 1. The second-order valence-corrected chi connectivity index (χ2v) is 6.01. The molecule has 3 unspecified atom stereocenters. The van der Waals surface area contributed by atoms with E-state index in [-0.39, 0.29) is 24.5 Å². The fourth-order valence-corrected chi connectivity index (χ4v) is 2.69.